The maximum absolute atomic E-state index is 12.2. The molecule has 1 fully saturated rings. The quantitative estimate of drug-likeness (QED) is 0.892. The van der Waals surface area contributed by atoms with Gasteiger partial charge in [0.2, 0.25) is 5.91 Å². The molecule has 1 aliphatic heterocycles. The van der Waals surface area contributed by atoms with E-state index in [1.807, 2.05) is 11.0 Å². The highest BCUT2D eigenvalue weighted by atomic mass is 35.5. The first kappa shape index (κ1) is 20.0. The SMILES string of the molecule is Cc1cccc(C)c1NCC(=O)N1CCNC[C@H]1C.Cl.Cl. The lowest BCUT2D eigenvalue weighted by Gasteiger charge is -2.34. The van der Waals surface area contributed by atoms with Crippen molar-refractivity contribution in [2.45, 2.75) is 26.8 Å². The highest BCUT2D eigenvalue weighted by Gasteiger charge is 2.22. The lowest BCUT2D eigenvalue weighted by molar-refractivity contribution is -0.132. The number of piperazine rings is 1. The van der Waals surface area contributed by atoms with Crippen LogP contribution in [0.1, 0.15) is 18.1 Å². The van der Waals surface area contributed by atoms with Gasteiger partial charge in [0.1, 0.15) is 0 Å². The molecule has 0 bridgehead atoms. The molecular formula is C15H25Cl2N3O. The maximum atomic E-state index is 12.2. The molecule has 1 amide bonds. The van der Waals surface area contributed by atoms with E-state index in [1.54, 1.807) is 0 Å². The van der Waals surface area contributed by atoms with Crippen LogP contribution in [0.5, 0.6) is 0 Å². The molecule has 4 nitrogen and oxygen atoms in total. The number of para-hydroxylation sites is 1. The summed E-state index contributed by atoms with van der Waals surface area (Å²) in [4.78, 5) is 14.2. The zero-order chi connectivity index (χ0) is 13.8. The van der Waals surface area contributed by atoms with Gasteiger partial charge in [0, 0.05) is 31.4 Å². The average molecular weight is 334 g/mol. The zero-order valence-corrected chi connectivity index (χ0v) is 14.4. The number of nitrogens with zero attached hydrogens (tertiary/aromatic N) is 1. The molecule has 1 atom stereocenters. The van der Waals surface area contributed by atoms with Crippen molar-refractivity contribution in [2.24, 2.45) is 0 Å². The van der Waals surface area contributed by atoms with Gasteiger partial charge in [0.15, 0.2) is 0 Å². The normalized spacial score (nSPS) is 17.5. The predicted molar refractivity (Wildman–Crippen MR) is 92.9 cm³/mol. The summed E-state index contributed by atoms with van der Waals surface area (Å²) in [5, 5.41) is 6.58. The van der Waals surface area contributed by atoms with Crippen LogP contribution in [0.25, 0.3) is 0 Å². The molecule has 0 aliphatic carbocycles. The molecule has 0 radical (unpaired) electrons. The fourth-order valence-corrected chi connectivity index (χ4v) is 2.57. The van der Waals surface area contributed by atoms with E-state index < -0.39 is 0 Å². The lowest BCUT2D eigenvalue weighted by atomic mass is 10.1. The van der Waals surface area contributed by atoms with Gasteiger partial charge in [-0.15, -0.1) is 24.8 Å². The van der Waals surface area contributed by atoms with Gasteiger partial charge >= 0.3 is 0 Å². The van der Waals surface area contributed by atoms with Crippen LogP contribution in [0.4, 0.5) is 5.69 Å². The fourth-order valence-electron chi connectivity index (χ4n) is 2.57. The second kappa shape index (κ2) is 9.13. The second-order valence-electron chi connectivity index (χ2n) is 5.26. The molecular weight excluding hydrogens is 309 g/mol. The molecule has 2 N–H and O–H groups in total. The van der Waals surface area contributed by atoms with Crippen LogP contribution >= 0.6 is 24.8 Å². The molecule has 120 valence electrons. The van der Waals surface area contributed by atoms with Gasteiger partial charge in [0.05, 0.1) is 6.54 Å². The Morgan fingerprint density at radius 1 is 1.33 bits per heavy atom. The summed E-state index contributed by atoms with van der Waals surface area (Å²) in [7, 11) is 0. The minimum Gasteiger partial charge on any atom is -0.376 e. The number of carbonyl (C=O) groups is 1. The fraction of sp³-hybridized carbons (Fsp3) is 0.533. The van der Waals surface area contributed by atoms with E-state index in [-0.39, 0.29) is 36.8 Å². The number of aryl methyl sites for hydroxylation is 2. The van der Waals surface area contributed by atoms with Crippen LogP contribution in [0.3, 0.4) is 0 Å². The van der Waals surface area contributed by atoms with Crippen molar-refractivity contribution < 1.29 is 4.79 Å². The highest BCUT2D eigenvalue weighted by molar-refractivity contribution is 5.85. The van der Waals surface area contributed by atoms with Crippen LogP contribution in [0, 0.1) is 13.8 Å². The molecule has 0 aromatic heterocycles. The van der Waals surface area contributed by atoms with Gasteiger partial charge in [0.25, 0.3) is 0 Å². The summed E-state index contributed by atoms with van der Waals surface area (Å²) in [6, 6.07) is 6.44. The van der Waals surface area contributed by atoms with E-state index in [4.69, 9.17) is 0 Å². The highest BCUT2D eigenvalue weighted by Crippen LogP contribution is 2.19. The molecule has 0 spiro atoms. The molecule has 1 aromatic rings. The number of amides is 1. The summed E-state index contributed by atoms with van der Waals surface area (Å²) in [5.41, 5.74) is 3.45. The summed E-state index contributed by atoms with van der Waals surface area (Å²) in [6.07, 6.45) is 0. The van der Waals surface area contributed by atoms with Crippen molar-refractivity contribution in [2.75, 3.05) is 31.5 Å². The molecule has 0 unspecified atom stereocenters. The molecule has 1 heterocycles. The van der Waals surface area contributed by atoms with Gasteiger partial charge in [-0.3, -0.25) is 4.79 Å². The summed E-state index contributed by atoms with van der Waals surface area (Å²) in [5.74, 6) is 0.177. The van der Waals surface area contributed by atoms with Gasteiger partial charge in [-0.05, 0) is 31.9 Å². The third-order valence-corrected chi connectivity index (χ3v) is 3.72. The number of halogens is 2. The van der Waals surface area contributed by atoms with E-state index in [9.17, 15) is 4.79 Å². The number of hydrogen-bond donors (Lipinski definition) is 2. The van der Waals surface area contributed by atoms with E-state index >= 15 is 0 Å². The first-order valence-electron chi connectivity index (χ1n) is 6.90. The van der Waals surface area contributed by atoms with Crippen molar-refractivity contribution in [1.82, 2.24) is 10.2 Å². The van der Waals surface area contributed by atoms with Gasteiger partial charge in [-0.25, -0.2) is 0 Å². The number of hydrogen-bond acceptors (Lipinski definition) is 3. The Hall–Kier alpha value is -0.970. The summed E-state index contributed by atoms with van der Waals surface area (Å²) < 4.78 is 0. The Labute approximate surface area is 139 Å². The van der Waals surface area contributed by atoms with Crippen LogP contribution in [0.2, 0.25) is 0 Å². The Kier molecular flexibility index (Phi) is 8.71. The molecule has 0 saturated carbocycles. The number of benzene rings is 1. The van der Waals surface area contributed by atoms with Crippen LogP contribution < -0.4 is 10.6 Å². The second-order valence-corrected chi connectivity index (χ2v) is 5.26. The third kappa shape index (κ3) is 5.06. The number of anilines is 1. The van der Waals surface area contributed by atoms with E-state index in [1.165, 1.54) is 11.1 Å². The lowest BCUT2D eigenvalue weighted by Crippen LogP contribution is -2.53. The topological polar surface area (TPSA) is 44.4 Å². The monoisotopic (exact) mass is 333 g/mol. The van der Waals surface area contributed by atoms with Crippen molar-refractivity contribution >= 4 is 36.4 Å². The molecule has 21 heavy (non-hydrogen) atoms. The number of rotatable bonds is 3. The summed E-state index contributed by atoms with van der Waals surface area (Å²) >= 11 is 0. The zero-order valence-electron chi connectivity index (χ0n) is 12.8. The molecule has 1 aliphatic rings. The smallest absolute Gasteiger partial charge is 0.242 e. The number of carbonyl (C=O) groups excluding carboxylic acids is 1. The van der Waals surface area contributed by atoms with Crippen molar-refractivity contribution in [1.29, 1.82) is 0 Å². The van der Waals surface area contributed by atoms with Crippen LogP contribution in [-0.2, 0) is 4.79 Å². The van der Waals surface area contributed by atoms with E-state index in [2.05, 4.69) is 43.5 Å². The first-order valence-corrected chi connectivity index (χ1v) is 6.90. The van der Waals surface area contributed by atoms with Gasteiger partial charge < -0.3 is 15.5 Å². The van der Waals surface area contributed by atoms with Crippen LogP contribution in [-0.4, -0.2) is 43.0 Å². The molecule has 1 aromatic carbocycles. The van der Waals surface area contributed by atoms with E-state index in [0.717, 1.165) is 25.3 Å². The van der Waals surface area contributed by atoms with Crippen molar-refractivity contribution in [3.63, 3.8) is 0 Å². The maximum Gasteiger partial charge on any atom is 0.242 e. The van der Waals surface area contributed by atoms with Crippen molar-refractivity contribution in [3.05, 3.63) is 29.3 Å². The molecule has 6 heteroatoms. The van der Waals surface area contributed by atoms with E-state index in [0.29, 0.717) is 6.54 Å². The Morgan fingerprint density at radius 3 is 2.52 bits per heavy atom. The third-order valence-electron chi connectivity index (χ3n) is 3.72. The number of nitrogens with one attached hydrogen (secondary N) is 2. The van der Waals surface area contributed by atoms with Crippen LogP contribution in [0.15, 0.2) is 18.2 Å². The Bertz CT molecular complexity index is 448. The molecule has 2 rings (SSSR count). The first-order chi connectivity index (χ1) is 9.09. The largest absolute Gasteiger partial charge is 0.376 e. The standard InChI is InChI=1S/C15H23N3O.2ClH/c1-11-5-4-6-12(2)15(11)17-10-14(19)18-8-7-16-9-13(18)3;;/h4-6,13,16-17H,7-10H2,1-3H3;2*1H/t13-;;/m1../s1. The van der Waals surface area contributed by atoms with Gasteiger partial charge in [-0.2, -0.15) is 0 Å². The predicted octanol–water partition coefficient (Wildman–Crippen LogP) is 2.38. The van der Waals surface area contributed by atoms with Gasteiger partial charge in [-0.1, -0.05) is 18.2 Å². The Balaban J connectivity index is 0.00000200. The minimum atomic E-state index is 0. The Morgan fingerprint density at radius 2 is 1.95 bits per heavy atom. The summed E-state index contributed by atoms with van der Waals surface area (Å²) in [6.45, 7) is 9.16. The minimum absolute atomic E-state index is 0. The average Bonchev–Trinajstić information content (AvgIpc) is 2.38. The van der Waals surface area contributed by atoms with Crippen molar-refractivity contribution in [3.8, 4) is 0 Å². The molecule has 1 saturated heterocycles.